The van der Waals surface area contributed by atoms with Gasteiger partial charge in [0, 0.05) is 72.6 Å². The number of anilines is 6. The Balaban J connectivity index is 0.670. The number of fused-ring (bicyclic) bond motifs is 10. The first-order valence-corrected chi connectivity index (χ1v) is 43.7. The Morgan fingerprint density at radius 1 is 0.233 bits per heavy atom. The normalized spacial score (nSPS) is 15.2. The number of nitrogens with one attached hydrogen (secondary N) is 4. The van der Waals surface area contributed by atoms with Gasteiger partial charge in [-0.25, -0.2) is 0 Å². The average Bonchev–Trinajstić information content (AvgIpc) is 0.724. The average molecular weight is 1580 g/mol. The molecule has 3 aliphatic rings. The molecule has 8 N–H and O–H groups in total. The number of rotatable bonds is 14. The van der Waals surface area contributed by atoms with Crippen LogP contribution in [0.5, 0.6) is 0 Å². The number of aryl methyl sites for hydroxylation is 16. The van der Waals surface area contributed by atoms with Gasteiger partial charge in [-0.05, 0) is 361 Å². The number of nitrogens with two attached hydrogens (primary N) is 2. The van der Waals surface area contributed by atoms with Crippen LogP contribution in [0.25, 0.3) is 64.6 Å². The number of benzene rings is 14. The fraction of sp³-hybridized carbons (Fsp3) is 0.309. The van der Waals surface area contributed by atoms with Gasteiger partial charge in [-0.1, -0.05) is 203 Å². The van der Waals surface area contributed by atoms with Crippen molar-refractivity contribution in [3.8, 4) is 0 Å². The van der Waals surface area contributed by atoms with E-state index in [1.54, 1.807) is 0 Å². The van der Waals surface area contributed by atoms with Gasteiger partial charge in [-0.15, -0.1) is 0 Å². The summed E-state index contributed by atoms with van der Waals surface area (Å²) in [6.07, 6.45) is 16.4. The van der Waals surface area contributed by atoms with Gasteiger partial charge in [0.05, 0.1) is 0 Å². The van der Waals surface area contributed by atoms with E-state index in [4.69, 9.17) is 11.5 Å². The van der Waals surface area contributed by atoms with Crippen LogP contribution in [0.1, 0.15) is 260 Å². The van der Waals surface area contributed by atoms with Gasteiger partial charge in [0.2, 0.25) is 0 Å². The number of carbonyl (C=O) groups excluding carboxylic acids is 4. The van der Waals surface area contributed by atoms with Gasteiger partial charge >= 0.3 is 0 Å². The number of hydrogen-bond acceptors (Lipinski definition) is 6. The molecule has 3 aliphatic carbocycles. The molecule has 14 aromatic carbocycles. The molecule has 10 heteroatoms. The molecular formula is C110H114N6O4. The molecule has 0 bridgehead atoms. The van der Waals surface area contributed by atoms with Crippen molar-refractivity contribution >= 4 is 122 Å². The highest BCUT2D eigenvalue weighted by atomic mass is 16.2. The number of nitrogen functional groups attached to an aromatic ring is 2. The summed E-state index contributed by atoms with van der Waals surface area (Å²) < 4.78 is 0. The van der Waals surface area contributed by atoms with Crippen molar-refractivity contribution in [2.75, 3.05) is 32.7 Å². The zero-order valence-corrected chi connectivity index (χ0v) is 73.1. The Morgan fingerprint density at radius 3 is 0.608 bits per heavy atom. The maximum absolute atomic E-state index is 15.6. The smallest absolute Gasteiger partial charge is 0.256 e. The largest absolute Gasteiger partial charge is 0.398 e. The molecule has 0 atom stereocenters. The van der Waals surface area contributed by atoms with Crippen molar-refractivity contribution in [2.45, 2.75) is 223 Å². The van der Waals surface area contributed by atoms with E-state index in [1.165, 1.54) is 46.2 Å². The van der Waals surface area contributed by atoms with Crippen molar-refractivity contribution in [1.29, 1.82) is 0 Å². The Morgan fingerprint density at radius 2 is 0.417 bits per heavy atom. The third kappa shape index (κ3) is 13.6. The van der Waals surface area contributed by atoms with Crippen LogP contribution in [0.4, 0.5) is 34.1 Å². The summed E-state index contributed by atoms with van der Waals surface area (Å²) in [7, 11) is 0. The first-order valence-electron chi connectivity index (χ1n) is 43.7. The fourth-order valence-corrected chi connectivity index (χ4v) is 22.5. The van der Waals surface area contributed by atoms with E-state index in [2.05, 4.69) is 253 Å². The minimum atomic E-state index is -0.340. The summed E-state index contributed by atoms with van der Waals surface area (Å²) in [4.78, 5) is 61.8. The van der Waals surface area contributed by atoms with Crippen LogP contribution in [0, 0.1) is 111 Å². The third-order valence-corrected chi connectivity index (χ3v) is 28.7. The van der Waals surface area contributed by atoms with Crippen LogP contribution in [0.3, 0.4) is 0 Å². The fourth-order valence-electron chi connectivity index (χ4n) is 22.5. The highest BCUT2D eigenvalue weighted by Crippen LogP contribution is 2.53. The topological polar surface area (TPSA) is 168 Å². The first kappa shape index (κ1) is 80.5. The number of hydrogen-bond donors (Lipinski definition) is 6. The number of carbonyl (C=O) groups is 4. The third-order valence-electron chi connectivity index (χ3n) is 28.7. The summed E-state index contributed by atoms with van der Waals surface area (Å²) in [6, 6.07) is 60.5. The van der Waals surface area contributed by atoms with Crippen LogP contribution in [0.2, 0.25) is 0 Å². The predicted molar refractivity (Wildman–Crippen MR) is 505 cm³/mol. The Hall–Kier alpha value is -11.9. The zero-order valence-electron chi connectivity index (χ0n) is 73.1. The van der Waals surface area contributed by atoms with Gasteiger partial charge in [0.15, 0.2) is 0 Å². The van der Waals surface area contributed by atoms with E-state index in [0.29, 0.717) is 22.3 Å². The van der Waals surface area contributed by atoms with E-state index in [9.17, 15) is 0 Å². The summed E-state index contributed by atoms with van der Waals surface area (Å²) in [6.45, 7) is 33.9. The van der Waals surface area contributed by atoms with Gasteiger partial charge < -0.3 is 32.7 Å². The van der Waals surface area contributed by atoms with Crippen molar-refractivity contribution < 1.29 is 19.2 Å². The van der Waals surface area contributed by atoms with Crippen LogP contribution in [-0.4, -0.2) is 23.6 Å². The highest BCUT2D eigenvalue weighted by Gasteiger charge is 2.41. The van der Waals surface area contributed by atoms with Crippen LogP contribution in [0.15, 0.2) is 170 Å². The SMILES string of the molecule is Cc1cc(C2(c3cc(C)c(NC(=O)c4cc5cc(C(=O)Nc6c(C)cc(C7(c8cc(C)c(NC(=O)c9cc%10cc(C(=O)Nc%11c(C)cc(C%12(c%13cc(C)c(N)c(C)c%13)CCCCC%12)cc%11C)c%11cccc(C)c%11c%10c%10c(C)cccc9%10)c(C)c8)CCCCC7)cc6C)c6cccc(C)c6c5c5c(C)cccc45)c(C)c3)CCCCC2)cc(C)c1N. The maximum atomic E-state index is 15.6. The molecule has 10 nitrogen and oxygen atoms in total. The van der Waals surface area contributed by atoms with E-state index >= 15 is 19.2 Å². The molecule has 0 saturated heterocycles. The molecular weight excluding hydrogens is 1470 g/mol. The summed E-state index contributed by atoms with van der Waals surface area (Å²) in [5, 5.41) is 24.9. The Labute approximate surface area is 707 Å². The van der Waals surface area contributed by atoms with Crippen molar-refractivity contribution in [2.24, 2.45) is 0 Å². The molecule has 0 spiro atoms. The van der Waals surface area contributed by atoms with Gasteiger partial charge in [-0.2, -0.15) is 0 Å². The van der Waals surface area contributed by atoms with E-state index < -0.39 is 0 Å². The van der Waals surface area contributed by atoms with E-state index in [0.717, 1.165) is 271 Å². The molecule has 3 fully saturated rings. The lowest BCUT2D eigenvalue weighted by molar-refractivity contribution is 0.102. The van der Waals surface area contributed by atoms with Crippen LogP contribution in [-0.2, 0) is 16.2 Å². The molecule has 0 heterocycles. The van der Waals surface area contributed by atoms with Crippen molar-refractivity contribution in [3.63, 3.8) is 0 Å². The second-order valence-corrected chi connectivity index (χ2v) is 36.6. The molecule has 120 heavy (non-hydrogen) atoms. The molecule has 17 rings (SSSR count). The summed E-state index contributed by atoms with van der Waals surface area (Å²) in [5.41, 5.74) is 43.7. The standard InChI is InChI=1S/C110H114N6O4/c1-60-30-26-34-84-88(104(117)113-100-68(9)48-80(49-69(100)10)108(38-20-17-21-39-108)78-44-64(5)98(111)65(6)45-78)56-76-58-90(86-36-28-32-62(3)94(86)96(76)92(60)84)106(119)115-102-72(13)52-82(53-73(102)14)110(42-24-19-25-43-110)83-54-74(15)103(75(16)55-83)116-107(120)91-59-77-57-89(85-35-27-31-61(2)93(85)97(77)95-63(4)33-29-37-87(91)95)105(118)114-101-70(11)50-81(51-71(101)12)109(40-22-18-23-41-109)79-46-66(7)99(112)67(8)47-79/h26-37,44-59H,17-25,38-43,111-112H2,1-16H3,(H,113,117)(H,114,118)(H,115,119)(H,116,120). The summed E-state index contributed by atoms with van der Waals surface area (Å²) in [5.74, 6) is -0.850. The molecule has 0 aromatic heterocycles. The molecule has 0 radical (unpaired) electrons. The predicted octanol–water partition coefficient (Wildman–Crippen LogP) is 27.5. The number of amides is 4. The van der Waals surface area contributed by atoms with Crippen molar-refractivity contribution in [1.82, 2.24) is 0 Å². The minimum absolute atomic E-state index is 0.156. The first-order chi connectivity index (χ1) is 57.5. The molecule has 14 aromatic rings. The van der Waals surface area contributed by atoms with Gasteiger partial charge in [0.1, 0.15) is 0 Å². The molecule has 4 amide bonds. The lowest BCUT2D eigenvalue weighted by atomic mass is 9.64. The summed E-state index contributed by atoms with van der Waals surface area (Å²) >= 11 is 0. The highest BCUT2D eigenvalue weighted by molar-refractivity contribution is 6.32. The van der Waals surface area contributed by atoms with Crippen LogP contribution < -0.4 is 32.7 Å². The van der Waals surface area contributed by atoms with E-state index in [-0.39, 0.29) is 39.9 Å². The quantitative estimate of drug-likeness (QED) is 0.0468. The maximum Gasteiger partial charge on any atom is 0.256 e. The molecule has 608 valence electrons. The van der Waals surface area contributed by atoms with E-state index in [1.807, 2.05) is 48.5 Å². The molecule has 0 aliphatic heterocycles. The molecule has 0 unspecified atom stereocenters. The zero-order chi connectivity index (χ0) is 84.4. The lowest BCUT2D eigenvalue weighted by Gasteiger charge is -2.40. The second kappa shape index (κ2) is 31.0. The van der Waals surface area contributed by atoms with Crippen molar-refractivity contribution in [3.05, 3.63) is 315 Å². The minimum Gasteiger partial charge on any atom is -0.398 e. The van der Waals surface area contributed by atoms with Gasteiger partial charge in [0.25, 0.3) is 23.6 Å². The van der Waals surface area contributed by atoms with Crippen LogP contribution >= 0.6 is 0 Å². The second-order valence-electron chi connectivity index (χ2n) is 36.6. The molecule has 3 saturated carbocycles. The Kier molecular flexibility index (Phi) is 20.8. The monoisotopic (exact) mass is 1580 g/mol. The Bertz CT molecular complexity index is 6180. The van der Waals surface area contributed by atoms with Gasteiger partial charge in [-0.3, -0.25) is 19.2 Å². The lowest BCUT2D eigenvalue weighted by Crippen LogP contribution is -2.31.